The second kappa shape index (κ2) is 6.15. The molecule has 1 heterocycles. The number of anilines is 1. The first-order chi connectivity index (χ1) is 9.13. The maximum Gasteiger partial charge on any atom is 0.161 e. The Hall–Kier alpha value is -1.42. The van der Waals surface area contributed by atoms with Crippen LogP contribution in [0.3, 0.4) is 0 Å². The summed E-state index contributed by atoms with van der Waals surface area (Å²) in [5, 5.41) is 25.2. The lowest BCUT2D eigenvalue weighted by Gasteiger charge is -2.13. The number of nitriles is 1. The average molecular weight is 341 g/mol. The molecule has 0 aliphatic rings. The first-order valence-electron chi connectivity index (χ1n) is 5.45. The third kappa shape index (κ3) is 3.13. The molecule has 6 heteroatoms. The second-order valence-corrected chi connectivity index (χ2v) is 5.43. The van der Waals surface area contributed by atoms with E-state index in [9.17, 15) is 9.50 Å². The van der Waals surface area contributed by atoms with Gasteiger partial charge in [0.15, 0.2) is 5.82 Å². The van der Waals surface area contributed by atoms with Crippen molar-refractivity contribution in [1.29, 1.82) is 5.26 Å². The molecule has 0 radical (unpaired) electrons. The van der Waals surface area contributed by atoms with Gasteiger partial charge in [-0.3, -0.25) is 0 Å². The summed E-state index contributed by atoms with van der Waals surface area (Å²) in [6, 6.07) is 6.71. The molecule has 0 bridgehead atoms. The molecule has 1 aromatic carbocycles. The Bertz CT molecular complexity index is 610. The summed E-state index contributed by atoms with van der Waals surface area (Å²) in [6.45, 7) is 0.200. The number of aliphatic hydroxyl groups is 1. The van der Waals surface area contributed by atoms with E-state index in [-0.39, 0.29) is 22.3 Å². The predicted molar refractivity (Wildman–Crippen MR) is 76.6 cm³/mol. The highest BCUT2D eigenvalue weighted by Crippen LogP contribution is 2.27. The number of benzene rings is 1. The molecule has 0 aliphatic carbocycles. The van der Waals surface area contributed by atoms with Crippen LogP contribution in [0.25, 0.3) is 0 Å². The molecule has 0 fully saturated rings. The number of aliphatic hydroxyl groups excluding tert-OH is 1. The second-order valence-electron chi connectivity index (χ2n) is 3.85. The zero-order chi connectivity index (χ0) is 13.8. The van der Waals surface area contributed by atoms with E-state index in [4.69, 9.17) is 5.26 Å². The van der Waals surface area contributed by atoms with Crippen LogP contribution in [0.15, 0.2) is 33.4 Å². The van der Waals surface area contributed by atoms with Gasteiger partial charge in [-0.1, -0.05) is 0 Å². The van der Waals surface area contributed by atoms with Crippen LogP contribution in [0.2, 0.25) is 0 Å². The van der Waals surface area contributed by atoms with Crippen LogP contribution in [-0.2, 0) is 0 Å². The Morgan fingerprint density at radius 1 is 1.47 bits per heavy atom. The largest absolute Gasteiger partial charge is 0.387 e. The SMILES string of the molecule is N#Cc1ccc(NCC(O)c2ccsc2)c(F)c1Br. The molecule has 2 N–H and O–H groups in total. The number of nitrogens with zero attached hydrogens (tertiary/aromatic N) is 1. The number of rotatable bonds is 4. The van der Waals surface area contributed by atoms with Gasteiger partial charge >= 0.3 is 0 Å². The zero-order valence-electron chi connectivity index (χ0n) is 9.73. The average Bonchev–Trinajstić information content (AvgIpc) is 2.94. The van der Waals surface area contributed by atoms with Gasteiger partial charge in [0, 0.05) is 6.54 Å². The molecule has 1 unspecified atom stereocenters. The van der Waals surface area contributed by atoms with Gasteiger partial charge in [-0.15, -0.1) is 0 Å². The molecule has 19 heavy (non-hydrogen) atoms. The van der Waals surface area contributed by atoms with Crippen molar-refractivity contribution in [3.63, 3.8) is 0 Å². The predicted octanol–water partition coefficient (Wildman–Crippen LogP) is 3.67. The van der Waals surface area contributed by atoms with E-state index in [1.807, 2.05) is 22.9 Å². The standard InChI is InChI=1S/C13H10BrFN2OS/c14-12-8(5-16)1-2-10(13(12)15)17-6-11(18)9-3-4-19-7-9/h1-4,7,11,17-18H,6H2. The molecule has 0 amide bonds. The van der Waals surface area contributed by atoms with Gasteiger partial charge in [0.1, 0.15) is 6.07 Å². The molecule has 2 rings (SSSR count). The number of nitrogens with one attached hydrogen (secondary N) is 1. The van der Waals surface area contributed by atoms with Gasteiger partial charge < -0.3 is 10.4 Å². The Morgan fingerprint density at radius 2 is 2.26 bits per heavy atom. The van der Waals surface area contributed by atoms with Crippen molar-refractivity contribution in [1.82, 2.24) is 0 Å². The molecule has 0 saturated heterocycles. The lowest BCUT2D eigenvalue weighted by atomic mass is 10.2. The topological polar surface area (TPSA) is 56.0 Å². The maximum absolute atomic E-state index is 13.9. The molecule has 0 saturated carbocycles. The summed E-state index contributed by atoms with van der Waals surface area (Å²) >= 11 is 4.53. The molecule has 2 aromatic rings. The minimum Gasteiger partial charge on any atom is -0.387 e. The summed E-state index contributed by atoms with van der Waals surface area (Å²) in [6.07, 6.45) is -0.694. The van der Waals surface area contributed by atoms with E-state index < -0.39 is 11.9 Å². The van der Waals surface area contributed by atoms with Gasteiger partial charge in [0.25, 0.3) is 0 Å². The Balaban J connectivity index is 2.09. The number of hydrogen-bond donors (Lipinski definition) is 2. The van der Waals surface area contributed by atoms with E-state index >= 15 is 0 Å². The summed E-state index contributed by atoms with van der Waals surface area (Å²) < 4.78 is 14.0. The molecule has 3 nitrogen and oxygen atoms in total. The third-order valence-electron chi connectivity index (χ3n) is 2.62. The van der Waals surface area contributed by atoms with Crippen LogP contribution in [0.1, 0.15) is 17.2 Å². The molecular weight excluding hydrogens is 331 g/mol. The monoisotopic (exact) mass is 340 g/mol. The summed E-state index contributed by atoms with van der Waals surface area (Å²) in [5.41, 5.74) is 1.28. The number of thiophene rings is 1. The zero-order valence-corrected chi connectivity index (χ0v) is 12.1. The highest BCUT2D eigenvalue weighted by molar-refractivity contribution is 9.10. The van der Waals surface area contributed by atoms with Crippen molar-refractivity contribution in [2.24, 2.45) is 0 Å². The summed E-state index contributed by atoms with van der Waals surface area (Å²) in [5.74, 6) is -0.531. The molecule has 1 atom stereocenters. The lowest BCUT2D eigenvalue weighted by Crippen LogP contribution is -2.12. The van der Waals surface area contributed by atoms with Crippen molar-refractivity contribution in [3.8, 4) is 6.07 Å². The smallest absolute Gasteiger partial charge is 0.161 e. The van der Waals surface area contributed by atoms with Crippen molar-refractivity contribution < 1.29 is 9.50 Å². The first kappa shape index (κ1) is 14.0. The third-order valence-corrected chi connectivity index (χ3v) is 4.09. The Morgan fingerprint density at radius 3 is 2.89 bits per heavy atom. The molecule has 1 aromatic heterocycles. The minimum absolute atomic E-state index is 0.130. The van der Waals surface area contributed by atoms with E-state index in [1.54, 1.807) is 0 Å². The fraction of sp³-hybridized carbons (Fsp3) is 0.154. The van der Waals surface area contributed by atoms with Gasteiger partial charge in [-0.05, 0) is 50.5 Å². The van der Waals surface area contributed by atoms with Crippen LogP contribution in [0.4, 0.5) is 10.1 Å². The molecular formula is C13H10BrFN2OS. The summed E-state index contributed by atoms with van der Waals surface area (Å²) in [4.78, 5) is 0. The van der Waals surface area contributed by atoms with Gasteiger partial charge in [0.2, 0.25) is 0 Å². The highest BCUT2D eigenvalue weighted by atomic mass is 79.9. The maximum atomic E-state index is 13.9. The van der Waals surface area contributed by atoms with Crippen LogP contribution >= 0.6 is 27.3 Å². The number of halogens is 2. The van der Waals surface area contributed by atoms with Crippen molar-refractivity contribution in [2.75, 3.05) is 11.9 Å². The quantitative estimate of drug-likeness (QED) is 0.892. The molecule has 98 valence electrons. The van der Waals surface area contributed by atoms with Gasteiger partial charge in [-0.25, -0.2) is 4.39 Å². The fourth-order valence-electron chi connectivity index (χ4n) is 1.56. The van der Waals surface area contributed by atoms with Crippen LogP contribution in [0.5, 0.6) is 0 Å². The van der Waals surface area contributed by atoms with Crippen LogP contribution in [0, 0.1) is 17.1 Å². The van der Waals surface area contributed by atoms with Gasteiger partial charge in [-0.2, -0.15) is 16.6 Å². The fourth-order valence-corrected chi connectivity index (χ4v) is 2.70. The summed E-state index contributed by atoms with van der Waals surface area (Å²) in [7, 11) is 0. The van der Waals surface area contributed by atoms with Crippen LogP contribution < -0.4 is 5.32 Å². The van der Waals surface area contributed by atoms with E-state index in [1.165, 1.54) is 23.5 Å². The van der Waals surface area contributed by atoms with Crippen molar-refractivity contribution in [2.45, 2.75) is 6.10 Å². The minimum atomic E-state index is -0.694. The lowest BCUT2D eigenvalue weighted by molar-refractivity contribution is 0.192. The van der Waals surface area contributed by atoms with Crippen molar-refractivity contribution >= 4 is 33.0 Å². The van der Waals surface area contributed by atoms with Crippen molar-refractivity contribution in [3.05, 3.63) is 50.4 Å². The molecule has 0 aliphatic heterocycles. The molecule has 0 spiro atoms. The first-order valence-corrected chi connectivity index (χ1v) is 7.19. The van der Waals surface area contributed by atoms with E-state index in [2.05, 4.69) is 21.2 Å². The Kier molecular flexibility index (Phi) is 4.53. The van der Waals surface area contributed by atoms with Gasteiger partial charge in [0.05, 0.1) is 21.8 Å². The van der Waals surface area contributed by atoms with E-state index in [0.717, 1.165) is 5.56 Å². The Labute approximate surface area is 122 Å². The normalized spacial score (nSPS) is 11.9. The highest BCUT2D eigenvalue weighted by Gasteiger charge is 2.13. The number of hydrogen-bond acceptors (Lipinski definition) is 4. The van der Waals surface area contributed by atoms with Crippen LogP contribution in [-0.4, -0.2) is 11.7 Å². The van der Waals surface area contributed by atoms with E-state index in [0.29, 0.717) is 0 Å².